The number of hydrogen-bond donors (Lipinski definition) is 1. The van der Waals surface area contributed by atoms with Crippen molar-refractivity contribution in [2.24, 2.45) is 39.9 Å². The van der Waals surface area contributed by atoms with E-state index in [2.05, 4.69) is 53.7 Å². The molecule has 4 nitrogen and oxygen atoms in total. The van der Waals surface area contributed by atoms with Gasteiger partial charge in [0.05, 0.1) is 6.10 Å². The maximum absolute atomic E-state index is 12.8. The normalized spacial score (nSPS) is 45.3. The predicted octanol–water partition coefficient (Wildman–Crippen LogP) is 5.95. The summed E-state index contributed by atoms with van der Waals surface area (Å²) in [7, 11) is 0. The fraction of sp³-hybridized carbons (Fsp3) is 0.733. The Kier molecular flexibility index (Phi) is 5.69. The van der Waals surface area contributed by atoms with Gasteiger partial charge in [0.2, 0.25) is 0 Å². The van der Waals surface area contributed by atoms with E-state index in [-0.39, 0.29) is 34.2 Å². The van der Waals surface area contributed by atoms with Crippen molar-refractivity contribution in [1.29, 1.82) is 0 Å². The Bertz CT molecular complexity index is 995. The monoisotopic (exact) mass is 466 g/mol. The van der Waals surface area contributed by atoms with Crippen LogP contribution in [-0.2, 0) is 14.3 Å². The van der Waals surface area contributed by atoms with Gasteiger partial charge < -0.3 is 9.84 Å². The van der Waals surface area contributed by atoms with Crippen LogP contribution in [0.5, 0.6) is 0 Å². The molecule has 1 aliphatic heterocycles. The number of carbonyl (C=O) groups is 2. The number of aliphatic hydroxyl groups is 1. The summed E-state index contributed by atoms with van der Waals surface area (Å²) in [6, 6.07) is 0. The first-order chi connectivity index (χ1) is 15.9. The zero-order valence-electron chi connectivity index (χ0n) is 21.8. The van der Waals surface area contributed by atoms with Crippen molar-refractivity contribution in [3.05, 3.63) is 34.4 Å². The van der Waals surface area contributed by atoms with Crippen LogP contribution < -0.4 is 0 Å². The van der Waals surface area contributed by atoms with E-state index in [0.29, 0.717) is 24.0 Å². The summed E-state index contributed by atoms with van der Waals surface area (Å²) in [4.78, 5) is 25.4. The van der Waals surface area contributed by atoms with Gasteiger partial charge in [0, 0.05) is 23.2 Å². The van der Waals surface area contributed by atoms with Gasteiger partial charge in [-0.05, 0) is 81.1 Å². The highest BCUT2D eigenvalue weighted by Crippen LogP contribution is 2.68. The Labute approximate surface area is 204 Å². The summed E-state index contributed by atoms with van der Waals surface area (Å²) in [5.74, 6) is 1.24. The average Bonchev–Trinajstić information content (AvgIpc) is 3.30. The molecular formula is C30H42O4. The van der Waals surface area contributed by atoms with Gasteiger partial charge in [-0.1, -0.05) is 56.6 Å². The van der Waals surface area contributed by atoms with Crippen LogP contribution in [0.15, 0.2) is 34.4 Å². The molecule has 2 saturated carbocycles. The number of allylic oxidation sites excluding steroid dienone is 5. The molecule has 1 N–H and O–H groups in total. The molecule has 0 aromatic carbocycles. The van der Waals surface area contributed by atoms with Crippen molar-refractivity contribution in [1.82, 2.24) is 0 Å². The Morgan fingerprint density at radius 3 is 2.59 bits per heavy atom. The van der Waals surface area contributed by atoms with Gasteiger partial charge in [-0.2, -0.15) is 0 Å². The minimum absolute atomic E-state index is 0.0303. The molecule has 5 aliphatic rings. The lowest BCUT2D eigenvalue weighted by molar-refractivity contribution is -0.143. The summed E-state index contributed by atoms with van der Waals surface area (Å²) in [5, 5.41) is 10.9. The molecule has 3 fully saturated rings. The summed E-state index contributed by atoms with van der Waals surface area (Å²) >= 11 is 0. The Morgan fingerprint density at radius 1 is 1.18 bits per heavy atom. The SMILES string of the molecule is CC(C)=CC1CC(C2CCC3(C)C4=CCC5C(C)(C)C(=O)CCC5(C)C4CC(C=O)=C23)C(O)O1. The van der Waals surface area contributed by atoms with Gasteiger partial charge in [-0.15, -0.1) is 0 Å². The molecule has 4 heteroatoms. The molecule has 4 aliphatic carbocycles. The van der Waals surface area contributed by atoms with Gasteiger partial charge in [0.25, 0.3) is 0 Å². The molecule has 0 spiro atoms. The first-order valence-corrected chi connectivity index (χ1v) is 13.3. The lowest BCUT2D eigenvalue weighted by Gasteiger charge is -2.59. The summed E-state index contributed by atoms with van der Waals surface area (Å²) < 4.78 is 5.93. The Hall–Kier alpha value is -1.52. The van der Waals surface area contributed by atoms with E-state index in [4.69, 9.17) is 4.74 Å². The second-order valence-corrected chi connectivity index (χ2v) is 13.1. The van der Waals surface area contributed by atoms with Gasteiger partial charge >= 0.3 is 0 Å². The summed E-state index contributed by atoms with van der Waals surface area (Å²) in [6.07, 6.45) is 11.0. The molecule has 0 bridgehead atoms. The van der Waals surface area contributed by atoms with Gasteiger partial charge in [0.15, 0.2) is 6.29 Å². The molecule has 0 aromatic rings. The molecule has 8 unspecified atom stereocenters. The maximum atomic E-state index is 12.8. The molecular weight excluding hydrogens is 424 g/mol. The van der Waals surface area contributed by atoms with Gasteiger partial charge in [-0.25, -0.2) is 0 Å². The first kappa shape index (κ1) is 24.2. The quantitative estimate of drug-likeness (QED) is 0.412. The highest BCUT2D eigenvalue weighted by atomic mass is 16.6. The third-order valence-electron chi connectivity index (χ3n) is 10.7. The maximum Gasteiger partial charge on any atom is 0.158 e. The number of ketones is 1. The molecule has 1 saturated heterocycles. The molecule has 5 rings (SSSR count). The van der Waals surface area contributed by atoms with Crippen LogP contribution >= 0.6 is 0 Å². The second-order valence-electron chi connectivity index (χ2n) is 13.1. The average molecular weight is 467 g/mol. The Morgan fingerprint density at radius 2 is 1.91 bits per heavy atom. The highest BCUT2D eigenvalue weighted by molar-refractivity contribution is 5.86. The van der Waals surface area contributed by atoms with Crippen molar-refractivity contribution in [3.63, 3.8) is 0 Å². The molecule has 0 amide bonds. The predicted molar refractivity (Wildman–Crippen MR) is 133 cm³/mol. The van der Waals surface area contributed by atoms with Crippen LogP contribution in [0.3, 0.4) is 0 Å². The Balaban J connectivity index is 1.53. The van der Waals surface area contributed by atoms with Crippen molar-refractivity contribution < 1.29 is 19.4 Å². The topological polar surface area (TPSA) is 63.6 Å². The van der Waals surface area contributed by atoms with E-state index in [1.165, 1.54) is 16.7 Å². The third kappa shape index (κ3) is 3.31. The van der Waals surface area contributed by atoms with Crippen LogP contribution in [0.2, 0.25) is 0 Å². The lowest BCUT2D eigenvalue weighted by Crippen LogP contribution is -2.54. The molecule has 34 heavy (non-hydrogen) atoms. The third-order valence-corrected chi connectivity index (χ3v) is 10.7. The standard InChI is InChI=1S/C30H42O4/c1-17(2)13-19-15-21(27(33)34-19)20-9-11-30(6)22-7-8-24-28(3,4)25(32)10-12-29(24,5)23(22)14-18(16-31)26(20)30/h7,13,16,19-21,23-24,27,33H,8-12,14-15H2,1-6H3. The number of Topliss-reactive ketones (excluding diaryl/α,β-unsaturated/α-hetero) is 1. The van der Waals surface area contributed by atoms with E-state index in [9.17, 15) is 14.7 Å². The summed E-state index contributed by atoms with van der Waals surface area (Å²) in [6.45, 7) is 13.1. The number of carbonyl (C=O) groups excluding carboxylic acids is 2. The number of aliphatic hydroxyl groups excluding tert-OH is 1. The summed E-state index contributed by atoms with van der Waals surface area (Å²) in [5.41, 5.74) is 4.54. The fourth-order valence-electron chi connectivity index (χ4n) is 9.03. The zero-order valence-corrected chi connectivity index (χ0v) is 21.8. The van der Waals surface area contributed by atoms with Crippen molar-refractivity contribution in [3.8, 4) is 0 Å². The van der Waals surface area contributed by atoms with Gasteiger partial charge in [0.1, 0.15) is 12.1 Å². The van der Waals surface area contributed by atoms with Crippen molar-refractivity contribution in [2.75, 3.05) is 0 Å². The highest BCUT2D eigenvalue weighted by Gasteiger charge is 2.61. The molecule has 1 heterocycles. The minimum atomic E-state index is -0.779. The molecule has 8 atom stereocenters. The zero-order chi connectivity index (χ0) is 24.6. The van der Waals surface area contributed by atoms with Crippen LogP contribution in [-0.4, -0.2) is 29.6 Å². The largest absolute Gasteiger partial charge is 0.368 e. The van der Waals surface area contributed by atoms with Crippen LogP contribution in [0.1, 0.15) is 86.5 Å². The van der Waals surface area contributed by atoms with Crippen LogP contribution in [0.4, 0.5) is 0 Å². The molecule has 0 aromatic heterocycles. The lowest BCUT2D eigenvalue weighted by atomic mass is 9.44. The van der Waals surface area contributed by atoms with E-state index < -0.39 is 6.29 Å². The van der Waals surface area contributed by atoms with E-state index in [1.54, 1.807) is 0 Å². The first-order valence-electron chi connectivity index (χ1n) is 13.3. The fourth-order valence-corrected chi connectivity index (χ4v) is 9.03. The molecule has 186 valence electrons. The number of hydrogen-bond acceptors (Lipinski definition) is 4. The van der Waals surface area contributed by atoms with E-state index in [1.807, 2.05) is 0 Å². The van der Waals surface area contributed by atoms with Crippen molar-refractivity contribution in [2.45, 2.75) is 98.9 Å². The molecule has 0 radical (unpaired) electrons. The number of ether oxygens (including phenoxy) is 1. The van der Waals surface area contributed by atoms with Crippen LogP contribution in [0, 0.1) is 39.9 Å². The minimum Gasteiger partial charge on any atom is -0.368 e. The van der Waals surface area contributed by atoms with Crippen molar-refractivity contribution >= 4 is 12.1 Å². The van der Waals surface area contributed by atoms with E-state index >= 15 is 0 Å². The smallest absolute Gasteiger partial charge is 0.158 e. The second kappa shape index (κ2) is 8.00. The van der Waals surface area contributed by atoms with E-state index in [0.717, 1.165) is 50.4 Å². The van der Waals surface area contributed by atoms with Crippen LogP contribution in [0.25, 0.3) is 0 Å². The van der Waals surface area contributed by atoms with Gasteiger partial charge in [-0.3, -0.25) is 9.59 Å². The number of rotatable bonds is 3. The number of fused-ring (bicyclic) bond motifs is 5. The number of aldehydes is 1.